The molecule has 1 heterocycles. The molecular weight excluding hydrogens is 296 g/mol. The summed E-state index contributed by atoms with van der Waals surface area (Å²) >= 11 is 0. The molecule has 2 fully saturated rings. The third-order valence-electron chi connectivity index (χ3n) is 5.52. The van der Waals surface area contributed by atoms with Crippen molar-refractivity contribution in [3.8, 4) is 11.1 Å². The molecule has 0 bridgehead atoms. The number of hydrogen-bond acceptors (Lipinski definition) is 2. The van der Waals surface area contributed by atoms with Gasteiger partial charge in [-0.15, -0.1) is 0 Å². The molecule has 1 aliphatic heterocycles. The van der Waals surface area contributed by atoms with Crippen LogP contribution in [0.4, 0.5) is 0 Å². The van der Waals surface area contributed by atoms with Crippen LogP contribution in [-0.2, 0) is 11.2 Å². The Labute approximate surface area is 143 Å². The maximum atomic E-state index is 11.6. The van der Waals surface area contributed by atoms with Gasteiger partial charge in [0.25, 0.3) is 0 Å². The second-order valence-corrected chi connectivity index (χ2v) is 7.30. The van der Waals surface area contributed by atoms with Crippen molar-refractivity contribution in [2.45, 2.75) is 38.3 Å². The number of carbonyl (C=O) groups is 1. The van der Waals surface area contributed by atoms with Gasteiger partial charge < -0.3 is 10.6 Å². The molecule has 24 heavy (non-hydrogen) atoms. The van der Waals surface area contributed by atoms with Crippen LogP contribution in [0.25, 0.3) is 11.1 Å². The van der Waals surface area contributed by atoms with Gasteiger partial charge in [0.05, 0.1) is 6.04 Å². The van der Waals surface area contributed by atoms with Crippen molar-refractivity contribution in [1.82, 2.24) is 10.6 Å². The Kier molecular flexibility index (Phi) is 3.89. The first-order valence-electron chi connectivity index (χ1n) is 8.81. The average molecular weight is 320 g/mol. The molecule has 0 aromatic heterocycles. The SMILES string of the molecule is CC(=O)NC1C(Cc2cccc(-c3ccccc3)c2)NCC12CC2. The largest absolute Gasteiger partial charge is 0.351 e. The Morgan fingerprint density at radius 1 is 1.12 bits per heavy atom. The fourth-order valence-corrected chi connectivity index (χ4v) is 4.06. The fourth-order valence-electron chi connectivity index (χ4n) is 4.06. The molecule has 2 aromatic rings. The van der Waals surface area contributed by atoms with E-state index in [1.165, 1.54) is 29.5 Å². The maximum Gasteiger partial charge on any atom is 0.217 e. The molecule has 124 valence electrons. The van der Waals surface area contributed by atoms with Crippen LogP contribution in [0, 0.1) is 5.41 Å². The maximum absolute atomic E-state index is 11.6. The highest BCUT2D eigenvalue weighted by atomic mass is 16.1. The van der Waals surface area contributed by atoms with E-state index in [0.29, 0.717) is 11.5 Å². The third-order valence-corrected chi connectivity index (χ3v) is 5.52. The molecule has 1 spiro atoms. The Bertz CT molecular complexity index is 737. The summed E-state index contributed by atoms with van der Waals surface area (Å²) < 4.78 is 0. The molecule has 2 aliphatic rings. The minimum Gasteiger partial charge on any atom is -0.351 e. The Morgan fingerprint density at radius 3 is 2.58 bits per heavy atom. The highest BCUT2D eigenvalue weighted by Gasteiger charge is 2.56. The van der Waals surface area contributed by atoms with Gasteiger partial charge in [0.1, 0.15) is 0 Å². The summed E-state index contributed by atoms with van der Waals surface area (Å²) in [5, 5.41) is 6.87. The average Bonchev–Trinajstić information content (AvgIpc) is 3.31. The molecule has 1 saturated carbocycles. The predicted molar refractivity (Wildman–Crippen MR) is 96.6 cm³/mol. The summed E-state index contributed by atoms with van der Waals surface area (Å²) in [4.78, 5) is 11.6. The van der Waals surface area contributed by atoms with Crippen LogP contribution < -0.4 is 10.6 Å². The van der Waals surface area contributed by atoms with E-state index in [1.807, 2.05) is 6.07 Å². The summed E-state index contributed by atoms with van der Waals surface area (Å²) in [7, 11) is 0. The lowest BCUT2D eigenvalue weighted by atomic mass is 9.91. The van der Waals surface area contributed by atoms with Crippen LogP contribution in [0.1, 0.15) is 25.3 Å². The Morgan fingerprint density at radius 2 is 1.88 bits per heavy atom. The first-order chi connectivity index (χ1) is 11.7. The quantitative estimate of drug-likeness (QED) is 0.908. The van der Waals surface area contributed by atoms with E-state index in [0.717, 1.165) is 13.0 Å². The summed E-state index contributed by atoms with van der Waals surface area (Å²) in [5.74, 6) is 0.0815. The van der Waals surface area contributed by atoms with E-state index < -0.39 is 0 Å². The van der Waals surface area contributed by atoms with Crippen LogP contribution in [0.5, 0.6) is 0 Å². The molecule has 0 radical (unpaired) electrons. The van der Waals surface area contributed by atoms with Gasteiger partial charge in [-0.2, -0.15) is 0 Å². The second kappa shape index (κ2) is 6.06. The molecule has 3 heteroatoms. The number of amides is 1. The lowest BCUT2D eigenvalue weighted by molar-refractivity contribution is -0.120. The van der Waals surface area contributed by atoms with E-state index in [4.69, 9.17) is 0 Å². The van der Waals surface area contributed by atoms with Crippen molar-refractivity contribution in [2.75, 3.05) is 6.54 Å². The van der Waals surface area contributed by atoms with Crippen LogP contribution in [0.2, 0.25) is 0 Å². The van der Waals surface area contributed by atoms with E-state index in [9.17, 15) is 4.79 Å². The van der Waals surface area contributed by atoms with Crippen LogP contribution in [0.3, 0.4) is 0 Å². The van der Waals surface area contributed by atoms with E-state index in [1.54, 1.807) is 6.92 Å². The first-order valence-corrected chi connectivity index (χ1v) is 8.81. The van der Waals surface area contributed by atoms with Gasteiger partial charge in [-0.1, -0.05) is 54.6 Å². The van der Waals surface area contributed by atoms with E-state index in [-0.39, 0.29) is 11.9 Å². The molecule has 4 rings (SSSR count). The van der Waals surface area contributed by atoms with Crippen molar-refractivity contribution in [1.29, 1.82) is 0 Å². The molecule has 2 atom stereocenters. The molecule has 2 aromatic carbocycles. The summed E-state index contributed by atoms with van der Waals surface area (Å²) in [5.41, 5.74) is 4.13. The van der Waals surface area contributed by atoms with Crippen molar-refractivity contribution in [3.63, 3.8) is 0 Å². The Balaban J connectivity index is 1.54. The van der Waals surface area contributed by atoms with Crippen LogP contribution in [0.15, 0.2) is 54.6 Å². The van der Waals surface area contributed by atoms with Gasteiger partial charge in [0.2, 0.25) is 5.91 Å². The zero-order valence-corrected chi connectivity index (χ0v) is 14.1. The Hall–Kier alpha value is -2.13. The van der Waals surface area contributed by atoms with Crippen molar-refractivity contribution in [3.05, 3.63) is 60.2 Å². The minimum absolute atomic E-state index is 0.0815. The number of carbonyl (C=O) groups excluding carboxylic acids is 1. The van der Waals surface area contributed by atoms with Gasteiger partial charge in [0.15, 0.2) is 0 Å². The smallest absolute Gasteiger partial charge is 0.217 e. The topological polar surface area (TPSA) is 41.1 Å². The predicted octanol–water partition coefficient (Wildman–Crippen LogP) is 3.15. The summed E-state index contributed by atoms with van der Waals surface area (Å²) in [6, 6.07) is 19.8. The third kappa shape index (κ3) is 2.96. The first kappa shape index (κ1) is 15.4. The number of benzene rings is 2. The molecule has 2 N–H and O–H groups in total. The molecular formula is C21H24N2O. The van der Waals surface area contributed by atoms with Gasteiger partial charge in [-0.25, -0.2) is 0 Å². The fraction of sp³-hybridized carbons (Fsp3) is 0.381. The lowest BCUT2D eigenvalue weighted by Gasteiger charge is -2.25. The molecule has 1 aliphatic carbocycles. The standard InChI is InChI=1S/C21H24N2O/c1-15(24)23-20-19(22-14-21(20)10-11-21)13-16-6-5-9-18(12-16)17-7-3-2-4-8-17/h2-9,12,19-20,22H,10-11,13-14H2,1H3,(H,23,24). The van der Waals surface area contributed by atoms with Crippen molar-refractivity contribution >= 4 is 5.91 Å². The van der Waals surface area contributed by atoms with E-state index in [2.05, 4.69) is 59.2 Å². The van der Waals surface area contributed by atoms with Gasteiger partial charge >= 0.3 is 0 Å². The number of rotatable bonds is 4. The second-order valence-electron chi connectivity index (χ2n) is 7.30. The van der Waals surface area contributed by atoms with Crippen molar-refractivity contribution in [2.24, 2.45) is 5.41 Å². The molecule has 1 amide bonds. The van der Waals surface area contributed by atoms with Gasteiger partial charge in [0, 0.05) is 24.9 Å². The van der Waals surface area contributed by atoms with Crippen molar-refractivity contribution < 1.29 is 4.79 Å². The van der Waals surface area contributed by atoms with Gasteiger partial charge in [-0.05, 0) is 36.0 Å². The normalized spacial score (nSPS) is 24.0. The summed E-state index contributed by atoms with van der Waals surface area (Å²) in [6.07, 6.45) is 3.41. The van der Waals surface area contributed by atoms with Gasteiger partial charge in [-0.3, -0.25) is 4.79 Å². The molecule has 1 saturated heterocycles. The van der Waals surface area contributed by atoms with Crippen LogP contribution >= 0.6 is 0 Å². The molecule has 3 nitrogen and oxygen atoms in total. The highest BCUT2D eigenvalue weighted by Crippen LogP contribution is 2.52. The number of hydrogen-bond donors (Lipinski definition) is 2. The zero-order valence-electron chi connectivity index (χ0n) is 14.1. The van der Waals surface area contributed by atoms with Crippen LogP contribution in [-0.4, -0.2) is 24.5 Å². The minimum atomic E-state index is 0.0815. The number of nitrogens with one attached hydrogen (secondary N) is 2. The molecule has 2 unspecified atom stereocenters. The monoisotopic (exact) mass is 320 g/mol. The highest BCUT2D eigenvalue weighted by molar-refractivity contribution is 5.73. The zero-order chi connectivity index (χ0) is 16.6. The van der Waals surface area contributed by atoms with E-state index >= 15 is 0 Å². The summed E-state index contributed by atoms with van der Waals surface area (Å²) in [6.45, 7) is 2.66. The lowest BCUT2D eigenvalue weighted by Crippen LogP contribution is -2.47.